The molecule has 1 aliphatic rings. The van der Waals surface area contributed by atoms with Gasteiger partial charge in [0, 0.05) is 19.2 Å². The molecule has 0 amide bonds. The van der Waals surface area contributed by atoms with Gasteiger partial charge in [0.25, 0.3) is 0 Å². The van der Waals surface area contributed by atoms with E-state index >= 15 is 0 Å². The van der Waals surface area contributed by atoms with Crippen molar-refractivity contribution in [1.29, 1.82) is 0 Å². The maximum atomic E-state index is 12.2. The van der Waals surface area contributed by atoms with Crippen LogP contribution in [-0.2, 0) is 13.6 Å². The van der Waals surface area contributed by atoms with Crippen LogP contribution < -0.4 is 0 Å². The predicted octanol–water partition coefficient (Wildman–Crippen LogP) is 2.90. The Morgan fingerprint density at radius 1 is 1.43 bits per heavy atom. The van der Waals surface area contributed by atoms with Crippen LogP contribution in [0.2, 0.25) is 0 Å². The molecule has 1 unspecified atom stereocenters. The van der Waals surface area contributed by atoms with Gasteiger partial charge in [-0.05, 0) is 6.92 Å². The van der Waals surface area contributed by atoms with Crippen molar-refractivity contribution in [2.45, 2.75) is 20.8 Å². The quantitative estimate of drug-likeness (QED) is 0.681. The van der Waals surface area contributed by atoms with Crippen molar-refractivity contribution >= 4 is 7.75 Å². The molecule has 0 saturated carbocycles. The van der Waals surface area contributed by atoms with Gasteiger partial charge in [-0.1, -0.05) is 20.4 Å². The standard InChI is InChI=1S/C9H16NO3P/c1-5-10(6-2)14(11)12-8(3)7-9(4)13-14/h7H,3,5-6H2,1-2,4H3. The zero-order valence-electron chi connectivity index (χ0n) is 8.82. The summed E-state index contributed by atoms with van der Waals surface area (Å²) in [6, 6.07) is 0. The van der Waals surface area contributed by atoms with E-state index in [1.807, 2.05) is 13.8 Å². The Hall–Kier alpha value is -0.730. The number of hydrogen-bond acceptors (Lipinski definition) is 3. The van der Waals surface area contributed by atoms with Crippen LogP contribution in [0.25, 0.3) is 0 Å². The number of nitrogens with zero attached hydrogens (tertiary/aromatic N) is 1. The average Bonchev–Trinajstić information content (AvgIpc) is 2.02. The molecule has 0 aliphatic carbocycles. The zero-order valence-corrected chi connectivity index (χ0v) is 9.71. The molecule has 80 valence electrons. The van der Waals surface area contributed by atoms with Gasteiger partial charge < -0.3 is 9.05 Å². The lowest BCUT2D eigenvalue weighted by Gasteiger charge is -2.31. The van der Waals surface area contributed by atoms with Crippen molar-refractivity contribution in [3.63, 3.8) is 0 Å². The molecule has 1 heterocycles. The molecule has 0 radical (unpaired) electrons. The van der Waals surface area contributed by atoms with Crippen LogP contribution in [0.4, 0.5) is 0 Å². The van der Waals surface area contributed by atoms with Crippen molar-refractivity contribution in [3.8, 4) is 0 Å². The summed E-state index contributed by atoms with van der Waals surface area (Å²) in [6.45, 7) is 10.4. The largest absolute Gasteiger partial charge is 0.515 e. The minimum absolute atomic E-state index is 0.393. The van der Waals surface area contributed by atoms with Crippen LogP contribution in [0.3, 0.4) is 0 Å². The molecular formula is C9H16NO3P. The topological polar surface area (TPSA) is 38.8 Å². The summed E-state index contributed by atoms with van der Waals surface area (Å²) >= 11 is 0. The molecule has 5 heteroatoms. The van der Waals surface area contributed by atoms with Gasteiger partial charge in [0.2, 0.25) is 0 Å². The summed E-state index contributed by atoms with van der Waals surface area (Å²) in [4.78, 5) is 0. The maximum absolute atomic E-state index is 12.2. The number of allylic oxidation sites excluding steroid dienone is 2. The second-order valence-corrected chi connectivity index (χ2v) is 4.88. The third kappa shape index (κ3) is 2.20. The Balaban J connectivity index is 2.91. The third-order valence-corrected chi connectivity index (χ3v) is 4.18. The van der Waals surface area contributed by atoms with E-state index in [1.54, 1.807) is 17.7 Å². The van der Waals surface area contributed by atoms with E-state index in [0.29, 0.717) is 24.6 Å². The fourth-order valence-electron chi connectivity index (χ4n) is 1.31. The van der Waals surface area contributed by atoms with E-state index in [-0.39, 0.29) is 0 Å². The molecule has 0 bridgehead atoms. The van der Waals surface area contributed by atoms with Gasteiger partial charge in [0.15, 0.2) is 0 Å². The van der Waals surface area contributed by atoms with E-state index in [9.17, 15) is 4.57 Å². The third-order valence-electron chi connectivity index (χ3n) is 1.93. The fourth-order valence-corrected chi connectivity index (χ4v) is 3.04. The van der Waals surface area contributed by atoms with E-state index in [2.05, 4.69) is 6.58 Å². The first-order chi connectivity index (χ1) is 6.51. The minimum atomic E-state index is -3.17. The highest BCUT2D eigenvalue weighted by Gasteiger charge is 2.37. The molecule has 0 spiro atoms. The molecule has 0 saturated heterocycles. The maximum Gasteiger partial charge on any atom is 0.515 e. The Bertz CT molecular complexity index is 307. The fraction of sp³-hybridized carbons (Fsp3) is 0.556. The SMILES string of the molecule is C=C1C=C(C)OP(=O)(N(CC)CC)O1. The van der Waals surface area contributed by atoms with Gasteiger partial charge in [-0.15, -0.1) is 0 Å². The normalized spacial score (nSPS) is 26.9. The molecule has 1 aliphatic heterocycles. The van der Waals surface area contributed by atoms with Crippen LogP contribution in [-0.4, -0.2) is 17.8 Å². The minimum Gasteiger partial charge on any atom is -0.409 e. The van der Waals surface area contributed by atoms with Crippen LogP contribution in [0.15, 0.2) is 24.2 Å². The molecule has 0 aromatic carbocycles. The lowest BCUT2D eigenvalue weighted by Crippen LogP contribution is -2.23. The van der Waals surface area contributed by atoms with Crippen LogP contribution in [0.5, 0.6) is 0 Å². The Morgan fingerprint density at radius 2 is 2.00 bits per heavy atom. The Kier molecular flexibility index (Phi) is 3.40. The zero-order chi connectivity index (χ0) is 10.8. The van der Waals surface area contributed by atoms with Gasteiger partial charge in [-0.25, -0.2) is 4.57 Å². The molecule has 0 aromatic heterocycles. The van der Waals surface area contributed by atoms with Crippen LogP contribution in [0, 0.1) is 0 Å². The van der Waals surface area contributed by atoms with Gasteiger partial charge in [0.05, 0.1) is 0 Å². The summed E-state index contributed by atoms with van der Waals surface area (Å²) < 4.78 is 24.3. The second kappa shape index (κ2) is 4.20. The second-order valence-electron chi connectivity index (χ2n) is 3.01. The first-order valence-electron chi connectivity index (χ1n) is 4.63. The van der Waals surface area contributed by atoms with Gasteiger partial charge in [-0.3, -0.25) is 0 Å². The molecule has 0 N–H and O–H groups in total. The van der Waals surface area contributed by atoms with E-state index in [1.165, 1.54) is 0 Å². The van der Waals surface area contributed by atoms with Crippen LogP contribution >= 0.6 is 7.75 Å². The van der Waals surface area contributed by atoms with Crippen LogP contribution in [0.1, 0.15) is 20.8 Å². The predicted molar refractivity (Wildman–Crippen MR) is 55.6 cm³/mol. The first kappa shape index (κ1) is 11.3. The van der Waals surface area contributed by atoms with E-state index in [0.717, 1.165) is 0 Å². The average molecular weight is 217 g/mol. The summed E-state index contributed by atoms with van der Waals surface area (Å²) in [7, 11) is -3.17. The molecule has 0 aromatic rings. The highest BCUT2D eigenvalue weighted by molar-refractivity contribution is 7.51. The van der Waals surface area contributed by atoms with Gasteiger partial charge in [0.1, 0.15) is 11.5 Å². The number of hydrogen-bond donors (Lipinski definition) is 0. The van der Waals surface area contributed by atoms with Crippen molar-refractivity contribution in [2.24, 2.45) is 0 Å². The molecular weight excluding hydrogens is 201 g/mol. The van der Waals surface area contributed by atoms with Gasteiger partial charge in [-0.2, -0.15) is 4.67 Å². The smallest absolute Gasteiger partial charge is 0.409 e. The lowest BCUT2D eigenvalue weighted by molar-refractivity contribution is 0.216. The lowest BCUT2D eigenvalue weighted by atomic mass is 10.4. The summed E-state index contributed by atoms with van der Waals surface area (Å²) in [5, 5.41) is 0. The summed E-state index contributed by atoms with van der Waals surface area (Å²) in [5.74, 6) is 0.973. The van der Waals surface area contributed by atoms with Gasteiger partial charge >= 0.3 is 7.75 Å². The molecule has 1 rings (SSSR count). The first-order valence-corrected chi connectivity index (χ1v) is 6.13. The summed E-state index contributed by atoms with van der Waals surface area (Å²) in [6.07, 6.45) is 1.62. The Labute approximate surface area is 84.8 Å². The summed E-state index contributed by atoms with van der Waals surface area (Å²) in [5.41, 5.74) is 0. The van der Waals surface area contributed by atoms with Crippen molar-refractivity contribution in [2.75, 3.05) is 13.1 Å². The molecule has 1 atom stereocenters. The van der Waals surface area contributed by atoms with Crippen molar-refractivity contribution < 1.29 is 13.6 Å². The van der Waals surface area contributed by atoms with E-state index in [4.69, 9.17) is 9.05 Å². The van der Waals surface area contributed by atoms with E-state index < -0.39 is 7.75 Å². The highest BCUT2D eigenvalue weighted by Crippen LogP contribution is 2.57. The Morgan fingerprint density at radius 3 is 2.43 bits per heavy atom. The van der Waals surface area contributed by atoms with Crippen molar-refractivity contribution in [1.82, 2.24) is 4.67 Å². The molecule has 0 fully saturated rings. The monoisotopic (exact) mass is 217 g/mol. The molecule has 14 heavy (non-hydrogen) atoms. The number of rotatable bonds is 3. The highest BCUT2D eigenvalue weighted by atomic mass is 31.2. The van der Waals surface area contributed by atoms with Crippen molar-refractivity contribution in [3.05, 3.63) is 24.2 Å². The molecule has 4 nitrogen and oxygen atoms in total.